The fraction of sp³-hybridized carbons (Fsp3) is 0.379. The van der Waals surface area contributed by atoms with E-state index in [0.717, 1.165) is 34.9 Å². The predicted octanol–water partition coefficient (Wildman–Crippen LogP) is 3.78. The summed E-state index contributed by atoms with van der Waals surface area (Å²) in [6.45, 7) is 3.08. The zero-order chi connectivity index (χ0) is 28.2. The Hall–Kier alpha value is -4.15. The number of carbonyl (C=O) groups is 2. The molecular formula is C29H28F3N5O3. The lowest BCUT2D eigenvalue weighted by atomic mass is 9.94. The molecule has 3 aromatic rings. The molecule has 0 bridgehead atoms. The van der Waals surface area contributed by atoms with Crippen molar-refractivity contribution in [2.45, 2.75) is 50.4 Å². The summed E-state index contributed by atoms with van der Waals surface area (Å²) in [5.74, 6) is -0.107. The molecule has 1 aliphatic carbocycles. The highest BCUT2D eigenvalue weighted by Gasteiger charge is 2.40. The minimum atomic E-state index is -4.56. The van der Waals surface area contributed by atoms with Gasteiger partial charge in [0.25, 0.3) is 11.5 Å². The normalized spacial score (nSPS) is 18.7. The van der Waals surface area contributed by atoms with Gasteiger partial charge < -0.3 is 14.4 Å². The predicted molar refractivity (Wildman–Crippen MR) is 140 cm³/mol. The van der Waals surface area contributed by atoms with Gasteiger partial charge in [-0.2, -0.15) is 18.3 Å². The molecule has 208 valence electrons. The molecule has 1 fully saturated rings. The molecule has 6 rings (SSSR count). The van der Waals surface area contributed by atoms with Crippen molar-refractivity contribution in [1.29, 1.82) is 0 Å². The molecule has 0 spiro atoms. The van der Waals surface area contributed by atoms with Gasteiger partial charge in [0.2, 0.25) is 5.91 Å². The maximum Gasteiger partial charge on any atom is 0.406 e. The van der Waals surface area contributed by atoms with Crippen molar-refractivity contribution in [3.05, 3.63) is 93.7 Å². The molecule has 1 aromatic carbocycles. The zero-order valence-corrected chi connectivity index (χ0v) is 21.7. The highest BCUT2D eigenvalue weighted by atomic mass is 19.4. The molecule has 1 saturated carbocycles. The third kappa shape index (κ3) is 4.84. The van der Waals surface area contributed by atoms with Gasteiger partial charge in [0, 0.05) is 55.9 Å². The van der Waals surface area contributed by atoms with Crippen molar-refractivity contribution < 1.29 is 22.8 Å². The number of carbonyl (C=O) groups excluding carboxylic acids is 2. The van der Waals surface area contributed by atoms with E-state index >= 15 is 0 Å². The van der Waals surface area contributed by atoms with Crippen molar-refractivity contribution in [2.75, 3.05) is 19.6 Å². The van der Waals surface area contributed by atoms with Crippen LogP contribution in [0.15, 0.2) is 60.0 Å². The van der Waals surface area contributed by atoms with Gasteiger partial charge in [-0.25, -0.2) is 4.68 Å². The van der Waals surface area contributed by atoms with E-state index in [1.54, 1.807) is 9.80 Å². The van der Waals surface area contributed by atoms with E-state index in [4.69, 9.17) is 5.10 Å². The van der Waals surface area contributed by atoms with Crippen molar-refractivity contribution in [3.63, 3.8) is 0 Å². The van der Waals surface area contributed by atoms with E-state index in [9.17, 15) is 27.6 Å². The van der Waals surface area contributed by atoms with Gasteiger partial charge in [-0.15, -0.1) is 0 Å². The summed E-state index contributed by atoms with van der Waals surface area (Å²) in [5.41, 5.74) is 3.99. The monoisotopic (exact) mass is 551 g/mol. The summed E-state index contributed by atoms with van der Waals surface area (Å²) in [5, 5.41) is 4.93. The molecule has 3 aliphatic rings. The fourth-order valence-electron chi connectivity index (χ4n) is 5.81. The van der Waals surface area contributed by atoms with E-state index in [1.807, 2.05) is 4.68 Å². The molecule has 1 atom stereocenters. The molecule has 0 saturated heterocycles. The highest BCUT2D eigenvalue weighted by Crippen LogP contribution is 2.41. The summed E-state index contributed by atoms with van der Waals surface area (Å²) < 4.78 is 40.9. The molecule has 11 heteroatoms. The van der Waals surface area contributed by atoms with Crippen LogP contribution >= 0.6 is 0 Å². The number of amides is 2. The van der Waals surface area contributed by atoms with Crippen molar-refractivity contribution >= 4 is 11.8 Å². The van der Waals surface area contributed by atoms with E-state index in [-0.39, 0.29) is 18.0 Å². The Morgan fingerprint density at radius 1 is 1.07 bits per heavy atom. The Labute approximate surface area is 228 Å². The molecule has 40 heavy (non-hydrogen) atoms. The number of pyridine rings is 1. The lowest BCUT2D eigenvalue weighted by molar-refractivity contribution is -0.141. The third-order valence-corrected chi connectivity index (χ3v) is 7.94. The average Bonchev–Trinajstić information content (AvgIpc) is 3.74. The minimum Gasteiger partial charge on any atom is -0.336 e. The van der Waals surface area contributed by atoms with Crippen LogP contribution in [0.4, 0.5) is 13.2 Å². The number of aromatic nitrogens is 3. The Bertz CT molecular complexity index is 1550. The highest BCUT2D eigenvalue weighted by molar-refractivity contribution is 5.94. The Kier molecular flexibility index (Phi) is 6.39. The van der Waals surface area contributed by atoms with Gasteiger partial charge in [0.15, 0.2) is 0 Å². The zero-order valence-electron chi connectivity index (χ0n) is 21.7. The number of rotatable bonds is 5. The second kappa shape index (κ2) is 9.79. The second-order valence-corrected chi connectivity index (χ2v) is 10.6. The van der Waals surface area contributed by atoms with E-state index in [1.165, 1.54) is 30.5 Å². The Morgan fingerprint density at radius 3 is 2.48 bits per heavy atom. The SMILES string of the molecule is C=CC(=O)N1CCc2nn(-c3ccc(C4CC4)cc3)c3c2C(C1)N(C(=O)c1ccn(CC(F)(F)F)c(=O)c1)CC3. The van der Waals surface area contributed by atoms with Gasteiger partial charge in [-0.05, 0) is 48.6 Å². The topological polar surface area (TPSA) is 80.4 Å². The first kappa shape index (κ1) is 26.1. The van der Waals surface area contributed by atoms with Gasteiger partial charge in [0.1, 0.15) is 6.54 Å². The van der Waals surface area contributed by atoms with E-state index < -0.39 is 30.2 Å². The van der Waals surface area contributed by atoms with Gasteiger partial charge in [-0.1, -0.05) is 18.7 Å². The van der Waals surface area contributed by atoms with E-state index in [0.29, 0.717) is 36.4 Å². The van der Waals surface area contributed by atoms with Crippen molar-refractivity contribution in [2.24, 2.45) is 0 Å². The number of halogens is 3. The van der Waals surface area contributed by atoms with Gasteiger partial charge >= 0.3 is 6.18 Å². The van der Waals surface area contributed by atoms with Crippen LogP contribution in [0.2, 0.25) is 0 Å². The molecule has 0 radical (unpaired) electrons. The van der Waals surface area contributed by atoms with Crippen LogP contribution in [0.1, 0.15) is 57.7 Å². The largest absolute Gasteiger partial charge is 0.406 e. The molecule has 4 heterocycles. The first-order chi connectivity index (χ1) is 19.1. The molecule has 1 unspecified atom stereocenters. The fourth-order valence-corrected chi connectivity index (χ4v) is 5.81. The smallest absolute Gasteiger partial charge is 0.336 e. The third-order valence-electron chi connectivity index (χ3n) is 7.94. The van der Waals surface area contributed by atoms with Crippen LogP contribution < -0.4 is 5.56 Å². The first-order valence-electron chi connectivity index (χ1n) is 13.3. The van der Waals surface area contributed by atoms with Crippen LogP contribution in [0.5, 0.6) is 0 Å². The van der Waals surface area contributed by atoms with Crippen LogP contribution in [-0.2, 0) is 24.2 Å². The summed E-state index contributed by atoms with van der Waals surface area (Å²) in [7, 11) is 0. The Morgan fingerprint density at radius 2 is 1.82 bits per heavy atom. The standard InChI is InChI=1S/C29H28F3N5O3/c1-2-25(38)34-13-10-22-27-23(37(33-22)21-7-5-19(6-8-21)18-3-4-18)11-14-36(24(27)16-34)28(40)20-9-12-35(26(39)15-20)17-29(30,31)32/h2,5-9,12,15,18,24H,1,3-4,10-11,13-14,16-17H2. The molecular weight excluding hydrogens is 523 g/mol. The average molecular weight is 552 g/mol. The van der Waals surface area contributed by atoms with Crippen LogP contribution in [0, 0.1) is 0 Å². The molecule has 2 aliphatic heterocycles. The van der Waals surface area contributed by atoms with Crippen molar-refractivity contribution in [3.8, 4) is 5.69 Å². The van der Waals surface area contributed by atoms with Crippen LogP contribution in [-0.4, -0.2) is 61.8 Å². The molecule has 2 aromatic heterocycles. The summed E-state index contributed by atoms with van der Waals surface area (Å²) in [6, 6.07) is 10.0. The van der Waals surface area contributed by atoms with Crippen LogP contribution in [0.3, 0.4) is 0 Å². The van der Waals surface area contributed by atoms with E-state index in [2.05, 4.69) is 30.8 Å². The van der Waals surface area contributed by atoms with Gasteiger partial charge in [0.05, 0.1) is 23.1 Å². The number of benzene rings is 1. The maximum atomic E-state index is 13.7. The molecule has 8 nitrogen and oxygen atoms in total. The quantitative estimate of drug-likeness (QED) is 0.452. The van der Waals surface area contributed by atoms with Crippen molar-refractivity contribution in [1.82, 2.24) is 24.1 Å². The lowest BCUT2D eigenvalue weighted by Gasteiger charge is -2.37. The summed E-state index contributed by atoms with van der Waals surface area (Å²) in [6.07, 6.45) is 1.09. The van der Waals surface area contributed by atoms with Gasteiger partial charge in [-0.3, -0.25) is 14.4 Å². The number of nitrogens with zero attached hydrogens (tertiary/aromatic N) is 5. The summed E-state index contributed by atoms with van der Waals surface area (Å²) >= 11 is 0. The maximum absolute atomic E-state index is 13.7. The first-order valence-corrected chi connectivity index (χ1v) is 13.3. The Balaban J connectivity index is 1.36. The summed E-state index contributed by atoms with van der Waals surface area (Å²) in [4.78, 5) is 42.0. The number of alkyl halides is 3. The van der Waals surface area contributed by atoms with Crippen LogP contribution in [0.25, 0.3) is 5.69 Å². The number of hydrogen-bond donors (Lipinski definition) is 0. The molecule has 0 N–H and O–H groups in total. The second-order valence-electron chi connectivity index (χ2n) is 10.6. The number of hydrogen-bond acceptors (Lipinski definition) is 4. The lowest BCUT2D eigenvalue weighted by Crippen LogP contribution is -2.46. The minimum absolute atomic E-state index is 0.00215. The molecule has 2 amide bonds.